The number of allylic oxidation sites excluding steroid dienone is 1. The SMILES string of the molecule is C/C(=C\Br)c1ccc(Cl)cc1. The Morgan fingerprint density at radius 1 is 1.36 bits per heavy atom. The number of halogens is 2. The summed E-state index contributed by atoms with van der Waals surface area (Å²) in [5, 5.41) is 0.774. The van der Waals surface area contributed by atoms with Crippen LogP contribution in [0.3, 0.4) is 0 Å². The van der Waals surface area contributed by atoms with Gasteiger partial charge < -0.3 is 0 Å². The van der Waals surface area contributed by atoms with Crippen LogP contribution >= 0.6 is 27.5 Å². The molecule has 58 valence electrons. The molecule has 0 unspecified atom stereocenters. The molecule has 0 spiro atoms. The van der Waals surface area contributed by atoms with Crippen LogP contribution in [0.1, 0.15) is 12.5 Å². The van der Waals surface area contributed by atoms with E-state index in [-0.39, 0.29) is 0 Å². The predicted molar refractivity (Wildman–Crippen MR) is 54.0 cm³/mol. The lowest BCUT2D eigenvalue weighted by Crippen LogP contribution is -1.75. The molecule has 0 radical (unpaired) electrons. The highest BCUT2D eigenvalue weighted by Gasteiger charge is 1.92. The Morgan fingerprint density at radius 3 is 2.36 bits per heavy atom. The second-order valence-corrected chi connectivity index (χ2v) is 3.19. The maximum atomic E-state index is 5.73. The smallest absolute Gasteiger partial charge is 0.0406 e. The summed E-state index contributed by atoms with van der Waals surface area (Å²) in [6.45, 7) is 2.04. The van der Waals surface area contributed by atoms with Crippen molar-refractivity contribution in [1.29, 1.82) is 0 Å². The minimum atomic E-state index is 0.774. The summed E-state index contributed by atoms with van der Waals surface area (Å²) in [4.78, 5) is 1.90. The Kier molecular flexibility index (Phi) is 3.16. The third kappa shape index (κ3) is 2.35. The highest BCUT2D eigenvalue weighted by molar-refractivity contribution is 9.11. The lowest BCUT2D eigenvalue weighted by atomic mass is 10.1. The highest BCUT2D eigenvalue weighted by Crippen LogP contribution is 2.17. The predicted octanol–water partition coefficient (Wildman–Crippen LogP) is 4.10. The minimum Gasteiger partial charge on any atom is -0.0843 e. The van der Waals surface area contributed by atoms with Crippen LogP contribution in [0.25, 0.3) is 5.57 Å². The fourth-order valence-corrected chi connectivity index (χ4v) is 1.17. The molecule has 0 aliphatic rings. The van der Waals surface area contributed by atoms with E-state index in [0.29, 0.717) is 0 Å². The second kappa shape index (κ2) is 3.93. The van der Waals surface area contributed by atoms with Gasteiger partial charge in [0.15, 0.2) is 0 Å². The highest BCUT2D eigenvalue weighted by atomic mass is 79.9. The number of hydrogen-bond donors (Lipinski definition) is 0. The van der Waals surface area contributed by atoms with Gasteiger partial charge in [0.25, 0.3) is 0 Å². The lowest BCUT2D eigenvalue weighted by Gasteiger charge is -1.98. The first-order valence-corrected chi connectivity index (χ1v) is 4.56. The van der Waals surface area contributed by atoms with Crippen molar-refractivity contribution < 1.29 is 0 Å². The molecular formula is C9H8BrCl. The monoisotopic (exact) mass is 230 g/mol. The van der Waals surface area contributed by atoms with Gasteiger partial charge in [0.1, 0.15) is 0 Å². The van der Waals surface area contributed by atoms with E-state index in [1.54, 1.807) is 0 Å². The molecule has 0 aromatic heterocycles. The first-order chi connectivity index (χ1) is 5.24. The largest absolute Gasteiger partial charge is 0.0843 e. The van der Waals surface area contributed by atoms with Gasteiger partial charge in [-0.3, -0.25) is 0 Å². The van der Waals surface area contributed by atoms with Gasteiger partial charge in [-0.2, -0.15) is 0 Å². The Morgan fingerprint density at radius 2 is 1.91 bits per heavy atom. The van der Waals surface area contributed by atoms with Gasteiger partial charge in [0, 0.05) is 5.02 Å². The Labute approximate surface area is 80.0 Å². The van der Waals surface area contributed by atoms with Crippen molar-refractivity contribution in [3.8, 4) is 0 Å². The Hall–Kier alpha value is -0.270. The molecule has 0 saturated carbocycles. The summed E-state index contributed by atoms with van der Waals surface area (Å²) in [6.07, 6.45) is 0. The minimum absolute atomic E-state index is 0.774. The van der Waals surface area contributed by atoms with E-state index < -0.39 is 0 Å². The van der Waals surface area contributed by atoms with E-state index in [1.165, 1.54) is 11.1 Å². The third-order valence-electron chi connectivity index (χ3n) is 1.46. The van der Waals surface area contributed by atoms with Gasteiger partial charge in [-0.05, 0) is 35.2 Å². The number of benzene rings is 1. The molecule has 0 aliphatic carbocycles. The first kappa shape index (κ1) is 8.82. The van der Waals surface area contributed by atoms with Gasteiger partial charge in [-0.1, -0.05) is 39.7 Å². The summed E-state index contributed by atoms with van der Waals surface area (Å²) >= 11 is 9.00. The molecule has 0 amide bonds. The molecule has 0 fully saturated rings. The normalized spacial score (nSPS) is 11.7. The average Bonchev–Trinajstić information content (AvgIpc) is 2.05. The zero-order valence-corrected chi connectivity index (χ0v) is 8.48. The van der Waals surface area contributed by atoms with Gasteiger partial charge in [-0.15, -0.1) is 0 Å². The molecule has 1 rings (SSSR count). The zero-order valence-electron chi connectivity index (χ0n) is 6.14. The first-order valence-electron chi connectivity index (χ1n) is 3.27. The fourth-order valence-electron chi connectivity index (χ4n) is 0.776. The van der Waals surface area contributed by atoms with Crippen LogP contribution in [0.5, 0.6) is 0 Å². The maximum Gasteiger partial charge on any atom is 0.0406 e. The van der Waals surface area contributed by atoms with Crippen molar-refractivity contribution in [2.45, 2.75) is 6.92 Å². The molecule has 0 nitrogen and oxygen atoms in total. The molecule has 0 heterocycles. The Bertz CT molecular complexity index is 261. The van der Waals surface area contributed by atoms with Crippen molar-refractivity contribution in [3.63, 3.8) is 0 Å². The van der Waals surface area contributed by atoms with Crippen LogP contribution in [0, 0.1) is 0 Å². The van der Waals surface area contributed by atoms with Crippen molar-refractivity contribution in [2.24, 2.45) is 0 Å². The molecule has 0 aliphatic heterocycles. The van der Waals surface area contributed by atoms with Crippen molar-refractivity contribution in [1.82, 2.24) is 0 Å². The van der Waals surface area contributed by atoms with Crippen LogP contribution in [0.2, 0.25) is 5.02 Å². The molecule has 1 aromatic rings. The lowest BCUT2D eigenvalue weighted by molar-refractivity contribution is 1.58. The van der Waals surface area contributed by atoms with Crippen LogP contribution < -0.4 is 0 Å². The zero-order chi connectivity index (χ0) is 8.27. The van der Waals surface area contributed by atoms with E-state index in [1.807, 2.05) is 36.2 Å². The van der Waals surface area contributed by atoms with Gasteiger partial charge in [-0.25, -0.2) is 0 Å². The average molecular weight is 232 g/mol. The topological polar surface area (TPSA) is 0 Å². The molecule has 0 bridgehead atoms. The molecule has 11 heavy (non-hydrogen) atoms. The van der Waals surface area contributed by atoms with Crippen LogP contribution in [-0.2, 0) is 0 Å². The van der Waals surface area contributed by atoms with E-state index >= 15 is 0 Å². The quantitative estimate of drug-likeness (QED) is 0.683. The van der Waals surface area contributed by atoms with Crippen molar-refractivity contribution >= 4 is 33.1 Å². The summed E-state index contributed by atoms with van der Waals surface area (Å²) in [5.74, 6) is 0. The van der Waals surface area contributed by atoms with E-state index in [4.69, 9.17) is 11.6 Å². The molecular weight excluding hydrogens is 223 g/mol. The molecule has 1 aromatic carbocycles. The van der Waals surface area contributed by atoms with Crippen LogP contribution in [0.4, 0.5) is 0 Å². The summed E-state index contributed by atoms with van der Waals surface area (Å²) in [6, 6.07) is 7.76. The maximum absolute atomic E-state index is 5.73. The molecule has 0 saturated heterocycles. The summed E-state index contributed by atoms with van der Waals surface area (Å²) in [7, 11) is 0. The molecule has 0 N–H and O–H groups in total. The van der Waals surface area contributed by atoms with Crippen molar-refractivity contribution in [2.75, 3.05) is 0 Å². The van der Waals surface area contributed by atoms with Gasteiger partial charge in [0.05, 0.1) is 0 Å². The van der Waals surface area contributed by atoms with Gasteiger partial charge in [0.2, 0.25) is 0 Å². The van der Waals surface area contributed by atoms with Crippen molar-refractivity contribution in [3.05, 3.63) is 39.8 Å². The Balaban J connectivity index is 2.99. The number of hydrogen-bond acceptors (Lipinski definition) is 0. The summed E-state index contributed by atoms with van der Waals surface area (Å²) < 4.78 is 0. The fraction of sp³-hybridized carbons (Fsp3) is 0.111. The summed E-state index contributed by atoms with van der Waals surface area (Å²) in [5.41, 5.74) is 2.38. The molecule has 2 heteroatoms. The van der Waals surface area contributed by atoms with E-state index in [0.717, 1.165) is 5.02 Å². The molecule has 0 atom stereocenters. The van der Waals surface area contributed by atoms with Crippen LogP contribution in [0.15, 0.2) is 29.3 Å². The van der Waals surface area contributed by atoms with E-state index in [2.05, 4.69) is 15.9 Å². The van der Waals surface area contributed by atoms with E-state index in [9.17, 15) is 0 Å². The van der Waals surface area contributed by atoms with Crippen LogP contribution in [-0.4, -0.2) is 0 Å². The van der Waals surface area contributed by atoms with Gasteiger partial charge >= 0.3 is 0 Å². The second-order valence-electron chi connectivity index (χ2n) is 2.30. The standard InChI is InChI=1S/C9H8BrCl/c1-7(6-10)8-2-4-9(11)5-3-8/h2-6H,1H3/b7-6+. The number of rotatable bonds is 1. The third-order valence-corrected chi connectivity index (χ3v) is 2.40.